The van der Waals surface area contributed by atoms with Crippen LogP contribution < -0.4 is 16.2 Å². The van der Waals surface area contributed by atoms with Crippen LogP contribution in [0.5, 0.6) is 0 Å². The number of hydrogen-bond donors (Lipinski definition) is 2. The maximum atomic E-state index is 12.6. The fraction of sp³-hybridized carbons (Fsp3) is 0.333. The maximum Gasteiger partial charge on any atom is 0.271 e. The first-order valence-electron chi connectivity index (χ1n) is 9.79. The standard InChI is InChI=1S/C21H22N4O3S2/c1-25-20(28)18-16(10-11-29-18)24-21(25)30-12-17(26)23-15-9-5-4-8-14(15)19(27)22-13-6-2-3-7-13/h4-5,8-11,13H,2-3,6-7,12H2,1H3,(H,22,27)(H,23,26). The van der Waals surface area contributed by atoms with E-state index in [1.165, 1.54) is 27.7 Å². The molecule has 0 bridgehead atoms. The SMILES string of the molecule is Cn1c(SCC(=O)Nc2ccccc2C(=O)NC2CCCC2)nc2ccsc2c1=O. The maximum absolute atomic E-state index is 12.6. The third kappa shape index (κ3) is 4.41. The summed E-state index contributed by atoms with van der Waals surface area (Å²) in [5.74, 6) is -0.354. The second-order valence-electron chi connectivity index (χ2n) is 7.23. The highest BCUT2D eigenvalue weighted by Gasteiger charge is 2.20. The molecule has 1 aliphatic carbocycles. The molecule has 3 aromatic rings. The molecular formula is C21H22N4O3S2. The van der Waals surface area contributed by atoms with Crippen molar-refractivity contribution in [2.24, 2.45) is 7.05 Å². The van der Waals surface area contributed by atoms with Gasteiger partial charge in [0.1, 0.15) is 4.70 Å². The lowest BCUT2D eigenvalue weighted by Gasteiger charge is -2.15. The van der Waals surface area contributed by atoms with Gasteiger partial charge in [-0.3, -0.25) is 19.0 Å². The van der Waals surface area contributed by atoms with E-state index in [-0.39, 0.29) is 29.2 Å². The Hall–Kier alpha value is -2.65. The normalized spacial score (nSPS) is 14.2. The quantitative estimate of drug-likeness (QED) is 0.451. The number of fused-ring (bicyclic) bond motifs is 1. The molecule has 2 amide bonds. The summed E-state index contributed by atoms with van der Waals surface area (Å²) in [4.78, 5) is 42.0. The van der Waals surface area contributed by atoms with Gasteiger partial charge in [0.15, 0.2) is 5.16 Å². The predicted molar refractivity (Wildman–Crippen MR) is 120 cm³/mol. The Morgan fingerprint density at radius 1 is 1.23 bits per heavy atom. The summed E-state index contributed by atoms with van der Waals surface area (Å²) in [5.41, 5.74) is 1.45. The van der Waals surface area contributed by atoms with Crippen molar-refractivity contribution in [2.45, 2.75) is 36.9 Å². The zero-order chi connectivity index (χ0) is 21.1. The molecule has 0 unspecified atom stereocenters. The molecule has 0 radical (unpaired) electrons. The van der Waals surface area contributed by atoms with Crippen LogP contribution in [0.2, 0.25) is 0 Å². The molecule has 156 valence electrons. The number of nitrogens with zero attached hydrogens (tertiary/aromatic N) is 2. The largest absolute Gasteiger partial charge is 0.349 e. The molecule has 2 N–H and O–H groups in total. The highest BCUT2D eigenvalue weighted by Crippen LogP contribution is 2.22. The van der Waals surface area contributed by atoms with E-state index in [2.05, 4.69) is 15.6 Å². The van der Waals surface area contributed by atoms with Crippen LogP contribution in [0.15, 0.2) is 45.7 Å². The minimum atomic E-state index is -0.263. The Balaban J connectivity index is 1.43. The number of carbonyl (C=O) groups excluding carboxylic acids is 2. The number of thioether (sulfide) groups is 1. The molecule has 0 atom stereocenters. The minimum absolute atomic E-state index is 0.0779. The Kier molecular flexibility index (Phi) is 6.19. The van der Waals surface area contributed by atoms with Gasteiger partial charge in [-0.2, -0.15) is 0 Å². The van der Waals surface area contributed by atoms with Crippen molar-refractivity contribution in [3.05, 3.63) is 51.6 Å². The van der Waals surface area contributed by atoms with E-state index in [1.54, 1.807) is 37.4 Å². The first-order valence-corrected chi connectivity index (χ1v) is 11.7. The van der Waals surface area contributed by atoms with Crippen molar-refractivity contribution in [3.8, 4) is 0 Å². The van der Waals surface area contributed by atoms with Crippen LogP contribution in [0.3, 0.4) is 0 Å². The number of carbonyl (C=O) groups is 2. The lowest BCUT2D eigenvalue weighted by Crippen LogP contribution is -2.33. The summed E-state index contributed by atoms with van der Waals surface area (Å²) in [7, 11) is 1.65. The first-order chi connectivity index (χ1) is 14.5. The predicted octanol–water partition coefficient (Wildman–Crippen LogP) is 3.40. The number of rotatable bonds is 6. The molecule has 0 saturated heterocycles. The smallest absolute Gasteiger partial charge is 0.271 e. The number of anilines is 1. The fourth-order valence-electron chi connectivity index (χ4n) is 3.54. The van der Waals surface area contributed by atoms with Gasteiger partial charge >= 0.3 is 0 Å². The second-order valence-corrected chi connectivity index (χ2v) is 9.09. The summed E-state index contributed by atoms with van der Waals surface area (Å²) >= 11 is 2.55. The molecule has 1 fully saturated rings. The molecule has 9 heteroatoms. The molecule has 0 spiro atoms. The van der Waals surface area contributed by atoms with E-state index in [4.69, 9.17) is 0 Å². The molecule has 1 aromatic carbocycles. The van der Waals surface area contributed by atoms with Gasteiger partial charge in [-0.25, -0.2) is 4.98 Å². The van der Waals surface area contributed by atoms with Gasteiger partial charge in [-0.15, -0.1) is 11.3 Å². The van der Waals surface area contributed by atoms with Gasteiger partial charge in [-0.1, -0.05) is 36.7 Å². The Morgan fingerprint density at radius 3 is 2.80 bits per heavy atom. The molecule has 7 nitrogen and oxygen atoms in total. The van der Waals surface area contributed by atoms with E-state index < -0.39 is 0 Å². The van der Waals surface area contributed by atoms with E-state index in [0.29, 0.717) is 26.6 Å². The van der Waals surface area contributed by atoms with Crippen molar-refractivity contribution in [1.29, 1.82) is 0 Å². The van der Waals surface area contributed by atoms with Crippen LogP contribution in [-0.2, 0) is 11.8 Å². The van der Waals surface area contributed by atoms with Crippen LogP contribution in [0, 0.1) is 0 Å². The molecular weight excluding hydrogens is 420 g/mol. The van der Waals surface area contributed by atoms with Crippen LogP contribution in [0.4, 0.5) is 5.69 Å². The lowest BCUT2D eigenvalue weighted by molar-refractivity contribution is -0.113. The van der Waals surface area contributed by atoms with E-state index in [9.17, 15) is 14.4 Å². The zero-order valence-corrected chi connectivity index (χ0v) is 18.1. The summed E-state index contributed by atoms with van der Waals surface area (Å²) in [5, 5.41) is 8.18. The number of thiophene rings is 1. The highest BCUT2D eigenvalue weighted by molar-refractivity contribution is 7.99. The Labute approximate surface area is 181 Å². The number of hydrogen-bond acceptors (Lipinski definition) is 6. The van der Waals surface area contributed by atoms with Gasteiger partial charge < -0.3 is 10.6 Å². The van der Waals surface area contributed by atoms with Crippen molar-refractivity contribution < 1.29 is 9.59 Å². The average Bonchev–Trinajstić information content (AvgIpc) is 3.42. The Morgan fingerprint density at radius 2 is 2.00 bits per heavy atom. The number of aromatic nitrogens is 2. The van der Waals surface area contributed by atoms with E-state index in [1.807, 2.05) is 5.38 Å². The van der Waals surface area contributed by atoms with Crippen molar-refractivity contribution >= 4 is 50.8 Å². The van der Waals surface area contributed by atoms with Crippen LogP contribution in [0.1, 0.15) is 36.0 Å². The molecule has 0 aliphatic heterocycles. The summed E-state index contributed by atoms with van der Waals surface area (Å²) in [6.45, 7) is 0. The summed E-state index contributed by atoms with van der Waals surface area (Å²) < 4.78 is 2.06. The summed E-state index contributed by atoms with van der Waals surface area (Å²) in [6.07, 6.45) is 4.26. The number of benzene rings is 1. The van der Waals surface area contributed by atoms with Gasteiger partial charge in [-0.05, 0) is 36.4 Å². The zero-order valence-electron chi connectivity index (χ0n) is 16.5. The third-order valence-corrected chi connectivity index (χ3v) is 7.04. The second kappa shape index (κ2) is 9.01. The van der Waals surface area contributed by atoms with Crippen LogP contribution >= 0.6 is 23.1 Å². The van der Waals surface area contributed by atoms with Crippen LogP contribution in [-0.4, -0.2) is 33.2 Å². The number of amides is 2. The van der Waals surface area contributed by atoms with Gasteiger partial charge in [0.05, 0.1) is 22.5 Å². The monoisotopic (exact) mass is 442 g/mol. The van der Waals surface area contributed by atoms with E-state index in [0.717, 1.165) is 25.7 Å². The molecule has 4 rings (SSSR count). The topological polar surface area (TPSA) is 93.1 Å². The van der Waals surface area contributed by atoms with Crippen molar-refractivity contribution in [2.75, 3.05) is 11.1 Å². The van der Waals surface area contributed by atoms with E-state index >= 15 is 0 Å². The van der Waals surface area contributed by atoms with Crippen molar-refractivity contribution in [3.63, 3.8) is 0 Å². The van der Waals surface area contributed by atoms with Gasteiger partial charge in [0, 0.05) is 13.1 Å². The van der Waals surface area contributed by atoms with Gasteiger partial charge in [0.25, 0.3) is 11.5 Å². The number of nitrogens with one attached hydrogen (secondary N) is 2. The molecule has 1 saturated carbocycles. The molecule has 30 heavy (non-hydrogen) atoms. The van der Waals surface area contributed by atoms with Crippen LogP contribution in [0.25, 0.3) is 10.2 Å². The van der Waals surface area contributed by atoms with Gasteiger partial charge in [0.2, 0.25) is 5.91 Å². The number of para-hydroxylation sites is 1. The average molecular weight is 443 g/mol. The third-order valence-electron chi connectivity index (χ3n) is 5.11. The summed E-state index contributed by atoms with van der Waals surface area (Å²) in [6, 6.07) is 9.00. The first kappa shape index (κ1) is 20.6. The minimum Gasteiger partial charge on any atom is -0.349 e. The van der Waals surface area contributed by atoms with Crippen molar-refractivity contribution in [1.82, 2.24) is 14.9 Å². The Bertz CT molecular complexity index is 1150. The lowest BCUT2D eigenvalue weighted by atomic mass is 10.1. The highest BCUT2D eigenvalue weighted by atomic mass is 32.2. The molecule has 2 heterocycles. The fourth-order valence-corrected chi connectivity index (χ4v) is 5.11. The molecule has 1 aliphatic rings. The molecule has 2 aromatic heterocycles.